The molecule has 6 aromatic rings. The number of fused-ring (bicyclic) bond motifs is 3. The molecule has 4 nitrogen and oxygen atoms in total. The van der Waals surface area contributed by atoms with Gasteiger partial charge in [-0.05, 0) is 103 Å². The van der Waals surface area contributed by atoms with Gasteiger partial charge in [0.05, 0.1) is 6.67 Å². The summed E-state index contributed by atoms with van der Waals surface area (Å²) in [5, 5.41) is 5.32. The maximum absolute atomic E-state index is 5.23. The zero-order chi connectivity index (χ0) is 36.3. The van der Waals surface area contributed by atoms with Crippen molar-refractivity contribution in [2.75, 3.05) is 23.5 Å². The topological polar surface area (TPSA) is 22.6 Å². The van der Waals surface area contributed by atoms with Crippen LogP contribution in [-0.2, 0) is 10.8 Å². The van der Waals surface area contributed by atoms with Gasteiger partial charge in [-0.3, -0.25) is 4.98 Å². The third-order valence-corrected chi connectivity index (χ3v) is 15.5. The van der Waals surface area contributed by atoms with Gasteiger partial charge in [0.15, 0.2) is 0 Å². The van der Waals surface area contributed by atoms with Gasteiger partial charge in [0.25, 0.3) is 0 Å². The fourth-order valence-corrected chi connectivity index (χ4v) is 13.0. The van der Waals surface area contributed by atoms with Crippen LogP contribution in [0.3, 0.4) is 0 Å². The second-order valence-electron chi connectivity index (χ2n) is 16.4. The molecule has 2 aliphatic heterocycles. The summed E-state index contributed by atoms with van der Waals surface area (Å²) in [4.78, 5) is 12.1. The van der Waals surface area contributed by atoms with Gasteiger partial charge >= 0.3 is 0 Å². The maximum Gasteiger partial charge on any atom is 0.203 e. The van der Waals surface area contributed by atoms with Crippen LogP contribution >= 0.6 is 0 Å². The lowest BCUT2D eigenvalue weighted by molar-refractivity contribution is 0.496. The van der Waals surface area contributed by atoms with E-state index in [1.165, 1.54) is 37.8 Å². The zero-order valence-electron chi connectivity index (χ0n) is 31.4. The largest absolute Gasteiger partial charge is 0.361 e. The van der Waals surface area contributed by atoms with Crippen molar-refractivity contribution in [2.24, 2.45) is 0 Å². The number of pyridine rings is 1. The van der Waals surface area contributed by atoms with Gasteiger partial charge in [-0.1, -0.05) is 120 Å². The summed E-state index contributed by atoms with van der Waals surface area (Å²) in [6.07, 6.45) is 6.25. The molecule has 52 heavy (non-hydrogen) atoms. The molecule has 0 unspecified atom stereocenters. The molecule has 2 aliphatic rings. The fraction of sp³-hybridized carbons (Fsp3) is 0.213. The smallest absolute Gasteiger partial charge is 0.203 e. The molecule has 5 heteroatoms. The summed E-state index contributed by atoms with van der Waals surface area (Å²) < 4.78 is 0. The minimum atomic E-state index is -2.87. The van der Waals surface area contributed by atoms with Gasteiger partial charge in [-0.25, -0.2) is 0 Å². The SMILES string of the molecule is CN1C=CN(c2cccc(N(c3ccccc3)c3cccc([Si]4(c5ccccn5)c5ccc(C(C)(C)C)cc5-c5cc(C(C)(C)C)ccc54)c3)c2)C1. The van der Waals surface area contributed by atoms with Crippen molar-refractivity contribution in [3.63, 3.8) is 0 Å². The van der Waals surface area contributed by atoms with Crippen molar-refractivity contribution in [2.45, 2.75) is 52.4 Å². The Morgan fingerprint density at radius 3 is 1.75 bits per heavy atom. The van der Waals surface area contributed by atoms with E-state index in [0.29, 0.717) is 0 Å². The molecule has 0 N–H and O–H groups in total. The molecule has 3 heterocycles. The Bertz CT molecular complexity index is 2220. The van der Waals surface area contributed by atoms with Crippen molar-refractivity contribution < 1.29 is 0 Å². The first-order valence-electron chi connectivity index (χ1n) is 18.4. The molecular formula is C47H48N4Si. The van der Waals surface area contributed by atoms with E-state index in [2.05, 4.69) is 203 Å². The number of hydrogen-bond donors (Lipinski definition) is 0. The molecular weight excluding hydrogens is 649 g/mol. The first kappa shape index (κ1) is 33.7. The Hall–Kier alpha value is -5.39. The lowest BCUT2D eigenvalue weighted by Crippen LogP contribution is -2.73. The molecule has 0 fully saturated rings. The van der Waals surface area contributed by atoms with Crippen molar-refractivity contribution in [3.05, 3.63) is 163 Å². The third kappa shape index (κ3) is 5.74. The van der Waals surface area contributed by atoms with Crippen LogP contribution in [0.4, 0.5) is 22.7 Å². The molecule has 0 saturated heterocycles. The molecule has 0 radical (unpaired) electrons. The quantitative estimate of drug-likeness (QED) is 0.162. The Labute approximate surface area is 310 Å². The summed E-state index contributed by atoms with van der Waals surface area (Å²) in [5.74, 6) is 0. The van der Waals surface area contributed by atoms with Crippen LogP contribution in [0, 0.1) is 0 Å². The Kier molecular flexibility index (Phi) is 8.22. The summed E-state index contributed by atoms with van der Waals surface area (Å²) in [6.45, 7) is 14.7. The van der Waals surface area contributed by atoms with Crippen LogP contribution in [0.15, 0.2) is 152 Å². The molecule has 0 atom stereocenters. The van der Waals surface area contributed by atoms with Gasteiger partial charge in [-0.2, -0.15) is 0 Å². The number of hydrogen-bond acceptors (Lipinski definition) is 4. The first-order valence-corrected chi connectivity index (χ1v) is 20.4. The second kappa shape index (κ2) is 12.7. The van der Waals surface area contributed by atoms with E-state index >= 15 is 0 Å². The highest BCUT2D eigenvalue weighted by molar-refractivity contribution is 7.21. The van der Waals surface area contributed by atoms with Crippen LogP contribution in [0.25, 0.3) is 11.1 Å². The number of aromatic nitrogens is 1. The standard InChI is InChI=1S/C47H48N4Si/c1-46(2,3)34-22-24-43-41(29-34)42-30-35(47(4,5)6)23-25-44(42)52(43,45-21-11-12-26-48-45)40-20-14-19-39(32-40)51(36-15-9-8-10-16-36)38-18-13-17-37(31-38)50-28-27-49(7)33-50/h8-32H,33H2,1-7H3. The number of nitrogens with zero attached hydrogens (tertiary/aromatic N) is 4. The Morgan fingerprint density at radius 1 is 0.577 bits per heavy atom. The molecule has 260 valence electrons. The molecule has 0 spiro atoms. The van der Waals surface area contributed by atoms with E-state index in [1.54, 1.807) is 0 Å². The van der Waals surface area contributed by atoms with Gasteiger partial charge in [0, 0.05) is 53.7 Å². The molecule has 0 amide bonds. The van der Waals surface area contributed by atoms with Gasteiger partial charge in [-0.15, -0.1) is 0 Å². The summed E-state index contributed by atoms with van der Waals surface area (Å²) >= 11 is 0. The predicted octanol–water partition coefficient (Wildman–Crippen LogP) is 8.68. The number of para-hydroxylation sites is 1. The van der Waals surface area contributed by atoms with Crippen molar-refractivity contribution in [1.82, 2.24) is 9.88 Å². The normalized spacial score (nSPS) is 14.8. The highest BCUT2D eigenvalue weighted by Crippen LogP contribution is 2.39. The summed E-state index contributed by atoms with van der Waals surface area (Å²) in [7, 11) is -0.762. The van der Waals surface area contributed by atoms with E-state index in [1.807, 2.05) is 12.3 Å². The minimum Gasteiger partial charge on any atom is -0.361 e. The summed E-state index contributed by atoms with van der Waals surface area (Å²) in [6, 6.07) is 50.0. The van der Waals surface area contributed by atoms with E-state index in [0.717, 1.165) is 34.7 Å². The van der Waals surface area contributed by atoms with Crippen LogP contribution < -0.4 is 30.7 Å². The Balaban J connectivity index is 1.38. The molecule has 5 aromatic carbocycles. The number of rotatable bonds is 6. The van der Waals surface area contributed by atoms with Crippen LogP contribution in [0.5, 0.6) is 0 Å². The average Bonchev–Trinajstić information content (AvgIpc) is 3.71. The van der Waals surface area contributed by atoms with Gasteiger partial charge < -0.3 is 14.7 Å². The zero-order valence-corrected chi connectivity index (χ0v) is 32.4. The summed E-state index contributed by atoms with van der Waals surface area (Å²) in [5.41, 5.74) is 10.0. The molecule has 0 bridgehead atoms. The number of benzene rings is 5. The monoisotopic (exact) mass is 696 g/mol. The maximum atomic E-state index is 5.23. The second-order valence-corrected chi connectivity index (χ2v) is 20.1. The van der Waals surface area contributed by atoms with Gasteiger partial charge in [0.1, 0.15) is 0 Å². The van der Waals surface area contributed by atoms with Crippen molar-refractivity contribution in [1.29, 1.82) is 0 Å². The van der Waals surface area contributed by atoms with Crippen LogP contribution in [0.1, 0.15) is 52.7 Å². The van der Waals surface area contributed by atoms with Gasteiger partial charge in [0.2, 0.25) is 8.07 Å². The van der Waals surface area contributed by atoms with Crippen LogP contribution in [0.2, 0.25) is 0 Å². The Morgan fingerprint density at radius 2 is 1.17 bits per heavy atom. The van der Waals surface area contributed by atoms with E-state index in [-0.39, 0.29) is 10.8 Å². The van der Waals surface area contributed by atoms with Crippen LogP contribution in [-0.4, -0.2) is 31.7 Å². The number of anilines is 4. The lowest BCUT2D eigenvalue weighted by Gasteiger charge is -2.33. The predicted molar refractivity (Wildman–Crippen MR) is 223 cm³/mol. The molecule has 0 saturated carbocycles. The van der Waals surface area contributed by atoms with E-state index < -0.39 is 8.07 Å². The fourth-order valence-electron chi connectivity index (χ4n) is 8.00. The van der Waals surface area contributed by atoms with Crippen molar-refractivity contribution in [3.8, 4) is 11.1 Å². The first-order chi connectivity index (χ1) is 24.9. The van der Waals surface area contributed by atoms with Crippen molar-refractivity contribution >= 4 is 51.7 Å². The molecule has 8 rings (SSSR count). The third-order valence-electron chi connectivity index (χ3n) is 10.8. The molecule has 0 aliphatic carbocycles. The average molecular weight is 697 g/mol. The van der Waals surface area contributed by atoms with E-state index in [9.17, 15) is 0 Å². The molecule has 1 aromatic heterocycles. The highest BCUT2D eigenvalue weighted by Gasteiger charge is 2.50. The van der Waals surface area contributed by atoms with E-state index in [4.69, 9.17) is 4.98 Å². The minimum absolute atomic E-state index is 0.0273. The lowest BCUT2D eigenvalue weighted by atomic mass is 9.83. The highest BCUT2D eigenvalue weighted by atomic mass is 28.3.